The normalized spacial score (nSPS) is 11.4. The second kappa shape index (κ2) is 9.21. The molecule has 118 valence electrons. The number of carbonyl (C=O) groups is 1. The molecule has 0 aliphatic heterocycles. The van der Waals surface area contributed by atoms with Crippen molar-refractivity contribution < 1.29 is 4.79 Å². The summed E-state index contributed by atoms with van der Waals surface area (Å²) in [6.45, 7) is 0. The molecule has 0 radical (unpaired) electrons. The molecule has 1 atom stereocenters. The van der Waals surface area contributed by atoms with Crippen LogP contribution in [0, 0.1) is 0 Å². The zero-order chi connectivity index (χ0) is 15.2. The number of halogens is 4. The van der Waals surface area contributed by atoms with Crippen LogP contribution in [0.5, 0.6) is 0 Å². The van der Waals surface area contributed by atoms with Gasteiger partial charge in [-0.2, -0.15) is 0 Å². The molecule has 1 heterocycles. The Morgan fingerprint density at radius 1 is 1.23 bits per heavy atom. The molecule has 1 N–H and O–H groups in total. The van der Waals surface area contributed by atoms with Crippen LogP contribution in [0.25, 0.3) is 0 Å². The molecule has 2 rings (SSSR count). The molecule has 0 spiro atoms. The summed E-state index contributed by atoms with van der Waals surface area (Å²) in [6, 6.07) is 8.86. The van der Waals surface area contributed by atoms with Crippen LogP contribution in [0.15, 0.2) is 42.7 Å². The lowest BCUT2D eigenvalue weighted by Gasteiger charge is -2.19. The fraction of sp³-hybridized carbons (Fsp3) is 0.200. The molecule has 1 amide bonds. The molecule has 0 aliphatic rings. The number of nitrogens with zero attached hydrogens (tertiary/aromatic N) is 1. The van der Waals surface area contributed by atoms with Crippen LogP contribution in [0.2, 0.25) is 10.0 Å². The average Bonchev–Trinajstić information content (AvgIpc) is 2.50. The molecule has 22 heavy (non-hydrogen) atoms. The van der Waals surface area contributed by atoms with E-state index >= 15 is 0 Å². The molecule has 0 fully saturated rings. The van der Waals surface area contributed by atoms with Gasteiger partial charge < -0.3 is 5.32 Å². The predicted octanol–water partition coefficient (Wildman–Crippen LogP) is 4.45. The van der Waals surface area contributed by atoms with Crippen molar-refractivity contribution in [2.45, 2.75) is 12.5 Å². The third-order valence-electron chi connectivity index (χ3n) is 2.97. The van der Waals surface area contributed by atoms with Gasteiger partial charge in [0.1, 0.15) is 5.88 Å². The van der Waals surface area contributed by atoms with Gasteiger partial charge in [-0.3, -0.25) is 9.78 Å². The second-order valence-electron chi connectivity index (χ2n) is 4.49. The highest BCUT2D eigenvalue weighted by atomic mass is 35.5. The lowest BCUT2D eigenvalue weighted by atomic mass is 10.00. The third-order valence-corrected chi connectivity index (χ3v) is 3.95. The highest BCUT2D eigenvalue weighted by Crippen LogP contribution is 2.27. The number of hydrogen-bond donors (Lipinski definition) is 1. The van der Waals surface area contributed by atoms with E-state index in [9.17, 15) is 4.79 Å². The zero-order valence-electron chi connectivity index (χ0n) is 11.4. The maximum absolute atomic E-state index is 11.6. The Morgan fingerprint density at radius 2 is 2.00 bits per heavy atom. The SMILES string of the molecule is Cl.O=C(CCl)NC(Cc1cccnc1)c1ccc(Cl)c(Cl)c1. The van der Waals surface area contributed by atoms with Gasteiger partial charge >= 0.3 is 0 Å². The molecular weight excluding hydrogens is 366 g/mol. The number of rotatable bonds is 5. The van der Waals surface area contributed by atoms with Crippen LogP contribution in [-0.4, -0.2) is 16.8 Å². The Bertz CT molecular complexity index is 622. The molecule has 0 bridgehead atoms. The van der Waals surface area contributed by atoms with E-state index < -0.39 is 0 Å². The maximum Gasteiger partial charge on any atom is 0.235 e. The summed E-state index contributed by atoms with van der Waals surface area (Å²) < 4.78 is 0. The summed E-state index contributed by atoms with van der Waals surface area (Å²) in [5.41, 5.74) is 1.87. The molecule has 3 nitrogen and oxygen atoms in total. The summed E-state index contributed by atoms with van der Waals surface area (Å²) in [6.07, 6.45) is 4.06. The Kier molecular flexibility index (Phi) is 7.97. The van der Waals surface area contributed by atoms with Crippen molar-refractivity contribution >= 4 is 53.1 Å². The van der Waals surface area contributed by atoms with Crippen molar-refractivity contribution in [2.24, 2.45) is 0 Å². The quantitative estimate of drug-likeness (QED) is 0.779. The fourth-order valence-electron chi connectivity index (χ4n) is 1.97. The third kappa shape index (κ3) is 5.33. The van der Waals surface area contributed by atoms with E-state index in [1.54, 1.807) is 24.5 Å². The van der Waals surface area contributed by atoms with Gasteiger partial charge in [0.05, 0.1) is 16.1 Å². The minimum atomic E-state index is -0.241. The van der Waals surface area contributed by atoms with Crippen LogP contribution in [-0.2, 0) is 11.2 Å². The van der Waals surface area contributed by atoms with Crippen LogP contribution < -0.4 is 5.32 Å². The van der Waals surface area contributed by atoms with Crippen molar-refractivity contribution in [3.63, 3.8) is 0 Å². The van der Waals surface area contributed by atoms with Crippen molar-refractivity contribution in [2.75, 3.05) is 5.88 Å². The van der Waals surface area contributed by atoms with E-state index in [0.717, 1.165) is 11.1 Å². The summed E-state index contributed by atoms with van der Waals surface area (Å²) >= 11 is 17.5. The number of pyridine rings is 1. The molecule has 1 aromatic heterocycles. The first-order chi connectivity index (χ1) is 10.1. The largest absolute Gasteiger partial charge is 0.348 e. The molecule has 1 aromatic carbocycles. The van der Waals surface area contributed by atoms with Gasteiger partial charge in [0.15, 0.2) is 0 Å². The van der Waals surface area contributed by atoms with Gasteiger partial charge in [-0.05, 0) is 35.7 Å². The number of amides is 1. The Balaban J connectivity index is 0.00000242. The molecule has 0 saturated heterocycles. The highest BCUT2D eigenvalue weighted by molar-refractivity contribution is 6.42. The second-order valence-corrected chi connectivity index (χ2v) is 5.57. The topological polar surface area (TPSA) is 42.0 Å². The lowest BCUT2D eigenvalue weighted by molar-refractivity contribution is -0.119. The van der Waals surface area contributed by atoms with E-state index in [4.69, 9.17) is 34.8 Å². The zero-order valence-corrected chi connectivity index (χ0v) is 14.5. The van der Waals surface area contributed by atoms with Crippen molar-refractivity contribution in [1.82, 2.24) is 10.3 Å². The van der Waals surface area contributed by atoms with Crippen LogP contribution in [0.4, 0.5) is 0 Å². The van der Waals surface area contributed by atoms with Crippen LogP contribution >= 0.6 is 47.2 Å². The Hall–Kier alpha value is -1.000. The summed E-state index contributed by atoms with van der Waals surface area (Å²) in [4.78, 5) is 15.7. The predicted molar refractivity (Wildman–Crippen MR) is 93.3 cm³/mol. The van der Waals surface area contributed by atoms with E-state index in [0.29, 0.717) is 16.5 Å². The molecule has 1 unspecified atom stereocenters. The van der Waals surface area contributed by atoms with Gasteiger partial charge in [-0.1, -0.05) is 35.3 Å². The highest BCUT2D eigenvalue weighted by Gasteiger charge is 2.16. The van der Waals surface area contributed by atoms with Gasteiger partial charge in [0.25, 0.3) is 0 Å². The Labute approximate surface area is 150 Å². The van der Waals surface area contributed by atoms with Gasteiger partial charge in [-0.15, -0.1) is 24.0 Å². The van der Waals surface area contributed by atoms with Crippen molar-refractivity contribution in [1.29, 1.82) is 0 Å². The molecule has 0 aliphatic carbocycles. The van der Waals surface area contributed by atoms with Crippen molar-refractivity contribution in [3.8, 4) is 0 Å². The number of nitrogens with one attached hydrogen (secondary N) is 1. The number of benzene rings is 1. The van der Waals surface area contributed by atoms with Gasteiger partial charge in [0.2, 0.25) is 5.91 Å². The van der Waals surface area contributed by atoms with Gasteiger partial charge in [0, 0.05) is 12.4 Å². The smallest absolute Gasteiger partial charge is 0.235 e. The number of alkyl halides is 1. The summed E-state index contributed by atoms with van der Waals surface area (Å²) in [5.74, 6) is -0.332. The first-order valence-electron chi connectivity index (χ1n) is 6.29. The molecular formula is C15H14Cl4N2O. The maximum atomic E-state index is 11.6. The lowest BCUT2D eigenvalue weighted by Crippen LogP contribution is -2.30. The minimum absolute atomic E-state index is 0. The number of aromatic nitrogens is 1. The van der Waals surface area contributed by atoms with E-state index in [1.165, 1.54) is 0 Å². The Morgan fingerprint density at radius 3 is 2.59 bits per heavy atom. The fourth-order valence-corrected chi connectivity index (χ4v) is 2.35. The summed E-state index contributed by atoms with van der Waals surface area (Å²) in [7, 11) is 0. The molecule has 0 saturated carbocycles. The van der Waals surface area contributed by atoms with Crippen molar-refractivity contribution in [3.05, 3.63) is 63.9 Å². The monoisotopic (exact) mass is 378 g/mol. The summed E-state index contributed by atoms with van der Waals surface area (Å²) in [5, 5.41) is 3.80. The van der Waals surface area contributed by atoms with E-state index in [-0.39, 0.29) is 30.2 Å². The molecule has 2 aromatic rings. The minimum Gasteiger partial charge on any atom is -0.348 e. The average molecular weight is 380 g/mol. The first-order valence-corrected chi connectivity index (χ1v) is 7.58. The van der Waals surface area contributed by atoms with Crippen LogP contribution in [0.3, 0.4) is 0 Å². The van der Waals surface area contributed by atoms with E-state index in [1.807, 2.05) is 18.2 Å². The van der Waals surface area contributed by atoms with Gasteiger partial charge in [-0.25, -0.2) is 0 Å². The number of hydrogen-bond acceptors (Lipinski definition) is 2. The first kappa shape index (κ1) is 19.0. The van der Waals surface area contributed by atoms with Crippen LogP contribution in [0.1, 0.15) is 17.2 Å². The standard InChI is InChI=1S/C15H13Cl3N2O.ClH/c16-8-15(21)20-14(6-10-2-1-5-19-9-10)11-3-4-12(17)13(18)7-11;/h1-5,7,9,14H,6,8H2,(H,20,21);1H. The number of carbonyl (C=O) groups excluding carboxylic acids is 1. The van der Waals surface area contributed by atoms with E-state index in [2.05, 4.69) is 10.3 Å². The molecule has 7 heteroatoms.